The minimum atomic E-state index is 0.245. The van der Waals surface area contributed by atoms with Crippen LogP contribution < -0.4 is 5.32 Å². The topological polar surface area (TPSA) is 21.3 Å². The number of ether oxygens (including phenoxy) is 1. The first-order chi connectivity index (χ1) is 8.31. The number of thiophene rings is 1. The molecule has 0 aromatic carbocycles. The highest BCUT2D eigenvalue weighted by atomic mass is 32.1. The summed E-state index contributed by atoms with van der Waals surface area (Å²) in [7, 11) is 0. The first-order valence-corrected chi connectivity index (χ1v) is 7.18. The predicted octanol–water partition coefficient (Wildman–Crippen LogP) is 3.38. The van der Waals surface area contributed by atoms with E-state index in [1.807, 2.05) is 11.3 Å². The molecular weight excluding hydrogens is 230 g/mol. The van der Waals surface area contributed by atoms with Gasteiger partial charge in [-0.05, 0) is 37.1 Å². The van der Waals surface area contributed by atoms with Crippen LogP contribution >= 0.6 is 11.3 Å². The second kappa shape index (κ2) is 6.34. The highest BCUT2D eigenvalue weighted by Crippen LogP contribution is 2.42. The van der Waals surface area contributed by atoms with Gasteiger partial charge >= 0.3 is 0 Å². The molecule has 3 heteroatoms. The van der Waals surface area contributed by atoms with Gasteiger partial charge in [0.25, 0.3) is 0 Å². The molecule has 0 aliphatic heterocycles. The van der Waals surface area contributed by atoms with Gasteiger partial charge in [0.05, 0.1) is 12.7 Å². The van der Waals surface area contributed by atoms with Gasteiger partial charge in [-0.3, -0.25) is 0 Å². The summed E-state index contributed by atoms with van der Waals surface area (Å²) in [5, 5.41) is 5.80. The van der Waals surface area contributed by atoms with Gasteiger partial charge in [-0.1, -0.05) is 12.1 Å². The average molecular weight is 251 g/mol. The van der Waals surface area contributed by atoms with E-state index in [0.717, 1.165) is 12.5 Å². The minimum absolute atomic E-state index is 0.245. The summed E-state index contributed by atoms with van der Waals surface area (Å²) in [5.41, 5.74) is 0. The Morgan fingerprint density at radius 2 is 2.47 bits per heavy atom. The van der Waals surface area contributed by atoms with E-state index in [9.17, 15) is 0 Å². The molecule has 1 aliphatic rings. The number of hydrogen-bond donors (Lipinski definition) is 1. The molecule has 17 heavy (non-hydrogen) atoms. The van der Waals surface area contributed by atoms with Crippen molar-refractivity contribution in [1.29, 1.82) is 0 Å². The summed E-state index contributed by atoms with van der Waals surface area (Å²) < 4.78 is 5.58. The molecule has 1 aromatic heterocycles. The molecule has 2 nitrogen and oxygen atoms in total. The van der Waals surface area contributed by atoms with E-state index in [2.05, 4.69) is 36.3 Å². The van der Waals surface area contributed by atoms with Gasteiger partial charge in [-0.25, -0.2) is 0 Å². The van der Waals surface area contributed by atoms with Crippen LogP contribution in [0.2, 0.25) is 0 Å². The van der Waals surface area contributed by atoms with Gasteiger partial charge in [-0.15, -0.1) is 17.9 Å². The van der Waals surface area contributed by atoms with Crippen molar-refractivity contribution < 1.29 is 4.74 Å². The highest BCUT2D eigenvalue weighted by Gasteiger charge is 2.32. The van der Waals surface area contributed by atoms with Gasteiger partial charge in [0.2, 0.25) is 0 Å². The lowest BCUT2D eigenvalue weighted by Gasteiger charge is -2.20. The second-order valence-electron chi connectivity index (χ2n) is 4.67. The third-order valence-electron chi connectivity index (χ3n) is 3.07. The Balaban J connectivity index is 1.80. The Hall–Kier alpha value is -0.640. The lowest BCUT2D eigenvalue weighted by atomic mass is 10.1. The maximum absolute atomic E-state index is 5.58. The van der Waals surface area contributed by atoms with E-state index < -0.39 is 0 Å². The third-order valence-corrected chi connectivity index (χ3v) is 4.02. The SMILES string of the molecule is C=CCOC(C)CNC(c1cccs1)C1CC1. The molecule has 1 heterocycles. The number of nitrogens with one attached hydrogen (secondary N) is 1. The molecule has 0 radical (unpaired) electrons. The van der Waals surface area contributed by atoms with Gasteiger partial charge in [0, 0.05) is 17.5 Å². The van der Waals surface area contributed by atoms with Crippen molar-refractivity contribution in [1.82, 2.24) is 5.32 Å². The van der Waals surface area contributed by atoms with Crippen LogP contribution in [0.5, 0.6) is 0 Å². The fraction of sp³-hybridized carbons (Fsp3) is 0.571. The lowest BCUT2D eigenvalue weighted by molar-refractivity contribution is 0.0849. The van der Waals surface area contributed by atoms with Crippen molar-refractivity contribution in [2.24, 2.45) is 5.92 Å². The van der Waals surface area contributed by atoms with Crippen LogP contribution in [0.4, 0.5) is 0 Å². The first-order valence-electron chi connectivity index (χ1n) is 6.30. The van der Waals surface area contributed by atoms with Crippen LogP contribution in [0.15, 0.2) is 30.2 Å². The van der Waals surface area contributed by atoms with Gasteiger partial charge < -0.3 is 10.1 Å². The molecule has 1 N–H and O–H groups in total. The zero-order valence-electron chi connectivity index (χ0n) is 10.4. The molecular formula is C14H21NOS. The molecule has 0 saturated heterocycles. The van der Waals surface area contributed by atoms with E-state index in [-0.39, 0.29) is 6.10 Å². The first kappa shape index (κ1) is 12.8. The van der Waals surface area contributed by atoms with Crippen LogP contribution in [-0.4, -0.2) is 19.3 Å². The summed E-state index contributed by atoms with van der Waals surface area (Å²) in [6.07, 6.45) is 4.76. The molecule has 2 rings (SSSR count). The van der Waals surface area contributed by atoms with Gasteiger partial charge in [0.15, 0.2) is 0 Å². The maximum atomic E-state index is 5.58. The summed E-state index contributed by atoms with van der Waals surface area (Å²) >= 11 is 1.85. The summed E-state index contributed by atoms with van der Waals surface area (Å²) in [6.45, 7) is 7.31. The van der Waals surface area contributed by atoms with Crippen LogP contribution in [0.25, 0.3) is 0 Å². The Morgan fingerprint density at radius 1 is 1.65 bits per heavy atom. The molecule has 0 spiro atoms. The average Bonchev–Trinajstić information content (AvgIpc) is 3.02. The molecule has 1 fully saturated rings. The normalized spacial score (nSPS) is 18.9. The van der Waals surface area contributed by atoms with E-state index in [1.54, 1.807) is 6.08 Å². The second-order valence-corrected chi connectivity index (χ2v) is 5.65. The van der Waals surface area contributed by atoms with E-state index in [0.29, 0.717) is 12.6 Å². The fourth-order valence-corrected chi connectivity index (χ4v) is 2.88. The van der Waals surface area contributed by atoms with Gasteiger partial charge in [0.1, 0.15) is 0 Å². The molecule has 2 atom stereocenters. The minimum Gasteiger partial charge on any atom is -0.373 e. The summed E-state index contributed by atoms with van der Waals surface area (Å²) in [6, 6.07) is 4.90. The Kier molecular flexibility index (Phi) is 4.77. The quantitative estimate of drug-likeness (QED) is 0.715. The maximum Gasteiger partial charge on any atom is 0.0675 e. The smallest absolute Gasteiger partial charge is 0.0675 e. The predicted molar refractivity (Wildman–Crippen MR) is 73.4 cm³/mol. The lowest BCUT2D eigenvalue weighted by Crippen LogP contribution is -2.31. The van der Waals surface area contributed by atoms with Crippen molar-refractivity contribution in [2.75, 3.05) is 13.2 Å². The molecule has 1 aliphatic carbocycles. The van der Waals surface area contributed by atoms with Crippen LogP contribution in [0.1, 0.15) is 30.7 Å². The van der Waals surface area contributed by atoms with Crippen LogP contribution in [-0.2, 0) is 4.74 Å². The highest BCUT2D eigenvalue weighted by molar-refractivity contribution is 7.10. The molecule has 2 unspecified atom stereocenters. The van der Waals surface area contributed by atoms with Crippen molar-refractivity contribution >= 4 is 11.3 Å². The molecule has 1 aromatic rings. The van der Waals surface area contributed by atoms with E-state index >= 15 is 0 Å². The Bertz CT molecular complexity index is 332. The van der Waals surface area contributed by atoms with Crippen LogP contribution in [0.3, 0.4) is 0 Å². The summed E-state index contributed by atoms with van der Waals surface area (Å²) in [5.74, 6) is 0.834. The molecule has 94 valence electrons. The molecule has 0 amide bonds. The van der Waals surface area contributed by atoms with Crippen molar-refractivity contribution in [3.8, 4) is 0 Å². The molecule has 1 saturated carbocycles. The largest absolute Gasteiger partial charge is 0.373 e. The summed E-state index contributed by atoms with van der Waals surface area (Å²) in [4.78, 5) is 1.46. The fourth-order valence-electron chi connectivity index (χ4n) is 1.98. The Morgan fingerprint density at radius 3 is 3.06 bits per heavy atom. The zero-order chi connectivity index (χ0) is 12.1. The van der Waals surface area contributed by atoms with Crippen molar-refractivity contribution in [2.45, 2.75) is 31.9 Å². The van der Waals surface area contributed by atoms with E-state index in [4.69, 9.17) is 4.74 Å². The van der Waals surface area contributed by atoms with Gasteiger partial charge in [-0.2, -0.15) is 0 Å². The monoisotopic (exact) mass is 251 g/mol. The van der Waals surface area contributed by atoms with Crippen molar-refractivity contribution in [3.63, 3.8) is 0 Å². The standard InChI is InChI=1S/C14H21NOS/c1-3-8-16-11(2)10-15-14(12-6-7-12)13-5-4-9-17-13/h3-5,9,11-12,14-15H,1,6-8,10H2,2H3. The van der Waals surface area contributed by atoms with E-state index in [1.165, 1.54) is 17.7 Å². The number of hydrogen-bond acceptors (Lipinski definition) is 3. The van der Waals surface area contributed by atoms with Crippen molar-refractivity contribution in [3.05, 3.63) is 35.0 Å². The Labute approximate surface area is 108 Å². The zero-order valence-corrected chi connectivity index (χ0v) is 11.2. The van der Waals surface area contributed by atoms with Crippen LogP contribution in [0, 0.1) is 5.92 Å². The molecule has 0 bridgehead atoms. The number of rotatable bonds is 8. The third kappa shape index (κ3) is 3.95.